The second kappa shape index (κ2) is 6.06. The fourth-order valence-corrected chi connectivity index (χ4v) is 2.08. The molecule has 2 rings (SSSR count). The summed E-state index contributed by atoms with van der Waals surface area (Å²) in [6.07, 6.45) is 0. The van der Waals surface area contributed by atoms with E-state index in [9.17, 15) is 9.90 Å². The maximum absolute atomic E-state index is 12.0. The molecule has 0 bridgehead atoms. The fourth-order valence-electron chi connectivity index (χ4n) is 1.74. The molecule has 4 heteroatoms. The van der Waals surface area contributed by atoms with E-state index in [1.807, 2.05) is 53.8 Å². The molecule has 0 aliphatic heterocycles. The summed E-state index contributed by atoms with van der Waals surface area (Å²) in [6, 6.07) is 12.8. The van der Waals surface area contributed by atoms with Crippen LogP contribution >= 0.6 is 22.6 Å². The summed E-state index contributed by atoms with van der Waals surface area (Å²) in [5.74, 6) is -0.0564. The maximum atomic E-state index is 12.0. The molecule has 2 aromatic rings. The zero-order chi connectivity index (χ0) is 13.8. The summed E-state index contributed by atoms with van der Waals surface area (Å²) in [7, 11) is 0. The number of phenolic OH excluding ortho intramolecular Hbond substituents is 1. The van der Waals surface area contributed by atoms with Gasteiger partial charge < -0.3 is 10.4 Å². The number of rotatable bonds is 3. The third-order valence-corrected chi connectivity index (χ3v) is 3.82. The first-order valence-electron chi connectivity index (χ1n) is 5.89. The lowest BCUT2D eigenvalue weighted by Gasteiger charge is -2.08. The first-order valence-corrected chi connectivity index (χ1v) is 6.97. The Balaban J connectivity index is 2.05. The van der Waals surface area contributed by atoms with Gasteiger partial charge in [-0.05, 0) is 58.8 Å². The van der Waals surface area contributed by atoms with Crippen LogP contribution in [-0.4, -0.2) is 11.0 Å². The molecular weight excluding hydrogens is 353 g/mol. The van der Waals surface area contributed by atoms with Crippen LogP contribution in [-0.2, 0) is 6.54 Å². The largest absolute Gasteiger partial charge is 0.507 e. The Hall–Kier alpha value is -1.56. The molecule has 0 aliphatic rings. The number of halogens is 1. The van der Waals surface area contributed by atoms with Gasteiger partial charge in [-0.15, -0.1) is 0 Å². The number of amides is 1. The van der Waals surface area contributed by atoms with Crippen molar-refractivity contribution in [3.05, 3.63) is 62.7 Å². The van der Waals surface area contributed by atoms with E-state index in [2.05, 4.69) is 5.32 Å². The first kappa shape index (κ1) is 13.9. The molecule has 0 saturated carbocycles. The van der Waals surface area contributed by atoms with Gasteiger partial charge in [0.05, 0.1) is 3.57 Å². The Kier molecular flexibility index (Phi) is 4.42. The molecule has 98 valence electrons. The van der Waals surface area contributed by atoms with Crippen LogP contribution in [0.25, 0.3) is 0 Å². The highest BCUT2D eigenvalue weighted by Crippen LogP contribution is 2.20. The van der Waals surface area contributed by atoms with Crippen LogP contribution in [0.5, 0.6) is 5.75 Å². The molecule has 1 amide bonds. The van der Waals surface area contributed by atoms with E-state index in [1.165, 1.54) is 6.07 Å². The van der Waals surface area contributed by atoms with Crippen molar-refractivity contribution in [1.82, 2.24) is 5.32 Å². The quantitative estimate of drug-likeness (QED) is 0.819. The van der Waals surface area contributed by atoms with E-state index in [4.69, 9.17) is 0 Å². The minimum absolute atomic E-state index is 0.129. The second-order valence-corrected chi connectivity index (χ2v) is 5.44. The van der Waals surface area contributed by atoms with Crippen LogP contribution in [0.3, 0.4) is 0 Å². The Bertz CT molecular complexity index is 611. The number of phenols is 1. The molecule has 2 aromatic carbocycles. The summed E-state index contributed by atoms with van der Waals surface area (Å²) in [5, 5.41) is 12.4. The molecule has 0 heterocycles. The van der Waals surface area contributed by atoms with Gasteiger partial charge in [-0.1, -0.05) is 24.3 Å². The lowest BCUT2D eigenvalue weighted by Crippen LogP contribution is -2.23. The maximum Gasteiger partial charge on any atom is 0.251 e. The third kappa shape index (κ3) is 3.47. The fraction of sp³-hybridized carbons (Fsp3) is 0.133. The van der Waals surface area contributed by atoms with Crippen molar-refractivity contribution in [2.75, 3.05) is 0 Å². The van der Waals surface area contributed by atoms with Crippen LogP contribution in [0, 0.1) is 10.5 Å². The van der Waals surface area contributed by atoms with Crippen LogP contribution in [0.15, 0.2) is 42.5 Å². The van der Waals surface area contributed by atoms with Crippen molar-refractivity contribution in [2.24, 2.45) is 0 Å². The molecule has 0 unspecified atom stereocenters. The summed E-state index contributed by atoms with van der Waals surface area (Å²) in [6.45, 7) is 2.50. The predicted molar refractivity (Wildman–Crippen MR) is 83.2 cm³/mol. The zero-order valence-electron chi connectivity index (χ0n) is 10.5. The summed E-state index contributed by atoms with van der Waals surface area (Å²) < 4.78 is 0.730. The van der Waals surface area contributed by atoms with E-state index in [0.717, 1.165) is 14.7 Å². The molecule has 19 heavy (non-hydrogen) atoms. The van der Waals surface area contributed by atoms with Gasteiger partial charge in [0.1, 0.15) is 5.75 Å². The van der Waals surface area contributed by atoms with Gasteiger partial charge in [0, 0.05) is 12.1 Å². The van der Waals surface area contributed by atoms with Crippen molar-refractivity contribution >= 4 is 28.5 Å². The smallest absolute Gasteiger partial charge is 0.251 e. The summed E-state index contributed by atoms with van der Waals surface area (Å²) >= 11 is 2.02. The number of carbonyl (C=O) groups is 1. The standard InChI is InChI=1S/C15H14INO2/c1-10-4-2-3-5-12(10)9-17-15(19)11-6-7-13(16)14(18)8-11/h2-8,18H,9H2,1H3,(H,17,19). The van der Waals surface area contributed by atoms with E-state index < -0.39 is 0 Å². The topological polar surface area (TPSA) is 49.3 Å². The van der Waals surface area contributed by atoms with Gasteiger partial charge in [-0.3, -0.25) is 4.79 Å². The van der Waals surface area contributed by atoms with Gasteiger partial charge >= 0.3 is 0 Å². The molecule has 2 N–H and O–H groups in total. The Morgan fingerprint density at radius 1 is 1.26 bits per heavy atom. The molecular formula is C15H14INO2. The average molecular weight is 367 g/mol. The van der Waals surface area contributed by atoms with Gasteiger partial charge in [0.25, 0.3) is 5.91 Å². The van der Waals surface area contributed by atoms with E-state index in [-0.39, 0.29) is 11.7 Å². The molecule has 0 aromatic heterocycles. The molecule has 3 nitrogen and oxygen atoms in total. The Labute approximate surface area is 125 Å². The van der Waals surface area contributed by atoms with Gasteiger partial charge in [0.2, 0.25) is 0 Å². The summed E-state index contributed by atoms with van der Waals surface area (Å²) in [5.41, 5.74) is 2.70. The van der Waals surface area contributed by atoms with Crippen LogP contribution in [0.1, 0.15) is 21.5 Å². The molecule has 0 aliphatic carbocycles. The van der Waals surface area contributed by atoms with Crippen molar-refractivity contribution in [3.8, 4) is 5.75 Å². The van der Waals surface area contributed by atoms with E-state index in [0.29, 0.717) is 12.1 Å². The molecule has 0 atom stereocenters. The van der Waals surface area contributed by atoms with Crippen molar-refractivity contribution in [3.63, 3.8) is 0 Å². The molecule has 0 saturated heterocycles. The number of benzene rings is 2. The van der Waals surface area contributed by atoms with Gasteiger partial charge in [-0.25, -0.2) is 0 Å². The number of carbonyl (C=O) groups excluding carboxylic acids is 1. The van der Waals surface area contributed by atoms with Crippen LogP contribution < -0.4 is 5.32 Å². The lowest BCUT2D eigenvalue weighted by atomic mass is 10.1. The van der Waals surface area contributed by atoms with Gasteiger partial charge in [-0.2, -0.15) is 0 Å². The SMILES string of the molecule is Cc1ccccc1CNC(=O)c1ccc(I)c(O)c1. The number of hydrogen-bond acceptors (Lipinski definition) is 2. The Morgan fingerprint density at radius 3 is 2.68 bits per heavy atom. The van der Waals surface area contributed by atoms with Crippen LogP contribution in [0.4, 0.5) is 0 Å². The minimum atomic E-state index is -0.185. The van der Waals surface area contributed by atoms with Crippen LogP contribution in [0.2, 0.25) is 0 Å². The van der Waals surface area contributed by atoms with Crippen molar-refractivity contribution < 1.29 is 9.90 Å². The third-order valence-electron chi connectivity index (χ3n) is 2.91. The summed E-state index contributed by atoms with van der Waals surface area (Å²) in [4.78, 5) is 12.0. The number of nitrogens with one attached hydrogen (secondary N) is 1. The van der Waals surface area contributed by atoms with Crippen molar-refractivity contribution in [2.45, 2.75) is 13.5 Å². The lowest BCUT2D eigenvalue weighted by molar-refractivity contribution is 0.0950. The highest BCUT2D eigenvalue weighted by Gasteiger charge is 2.08. The predicted octanol–water partition coefficient (Wildman–Crippen LogP) is 3.24. The normalized spacial score (nSPS) is 10.2. The number of aromatic hydroxyl groups is 1. The zero-order valence-corrected chi connectivity index (χ0v) is 12.6. The van der Waals surface area contributed by atoms with Gasteiger partial charge in [0.15, 0.2) is 0 Å². The molecule has 0 radical (unpaired) electrons. The number of aryl methyl sites for hydroxylation is 1. The Morgan fingerprint density at radius 2 is 2.00 bits per heavy atom. The number of hydrogen-bond donors (Lipinski definition) is 2. The highest BCUT2D eigenvalue weighted by molar-refractivity contribution is 14.1. The van der Waals surface area contributed by atoms with E-state index >= 15 is 0 Å². The molecule has 0 fully saturated rings. The average Bonchev–Trinajstić information content (AvgIpc) is 2.40. The molecule has 0 spiro atoms. The van der Waals surface area contributed by atoms with Crippen molar-refractivity contribution in [1.29, 1.82) is 0 Å². The minimum Gasteiger partial charge on any atom is -0.507 e. The monoisotopic (exact) mass is 367 g/mol. The first-order chi connectivity index (χ1) is 9.08. The second-order valence-electron chi connectivity index (χ2n) is 4.28. The van der Waals surface area contributed by atoms with E-state index in [1.54, 1.807) is 12.1 Å². The highest BCUT2D eigenvalue weighted by atomic mass is 127.